The predicted molar refractivity (Wildman–Crippen MR) is 47.9 cm³/mol. The normalized spacial score (nSPS) is 8.18. The van der Waals surface area contributed by atoms with Crippen LogP contribution in [0.1, 0.15) is 39.5 Å². The molecule has 0 unspecified atom stereocenters. The number of hydrogen-bond donors (Lipinski definition) is 0. The predicted octanol–water partition coefficient (Wildman–Crippen LogP) is 0.954. The summed E-state index contributed by atoms with van der Waals surface area (Å²) in [7, 11) is 0. The summed E-state index contributed by atoms with van der Waals surface area (Å²) in [5, 5.41) is 0. The fraction of sp³-hybridized carbons (Fsp3) is 1.00. The van der Waals surface area contributed by atoms with E-state index in [2.05, 4.69) is 13.8 Å². The van der Waals surface area contributed by atoms with Crippen LogP contribution in [0.2, 0.25) is 0 Å². The van der Waals surface area contributed by atoms with Crippen LogP contribution in [-0.4, -0.2) is 24.2 Å². The largest absolute Gasteiger partial charge is 0.412 e. The molecule has 72 valence electrons. The number of hydrogen-bond acceptors (Lipinski definition) is 1. The molecule has 0 saturated carbocycles. The third-order valence-electron chi connectivity index (χ3n) is 1.28. The average Bonchev–Trinajstić information content (AvgIpc) is 1.89. The van der Waals surface area contributed by atoms with Gasteiger partial charge in [0.15, 0.2) is 0 Å². The van der Waals surface area contributed by atoms with Crippen LogP contribution in [0.5, 0.6) is 0 Å². The molecule has 0 aliphatic rings. The first-order valence-electron chi connectivity index (χ1n) is 3.99. The van der Waals surface area contributed by atoms with Gasteiger partial charge in [-0.2, -0.15) is 0 Å². The van der Waals surface area contributed by atoms with E-state index < -0.39 is 0 Å². The summed E-state index contributed by atoms with van der Waals surface area (Å²) in [6.45, 7) is 6.28. The van der Waals surface area contributed by atoms with E-state index in [1.807, 2.05) is 0 Å². The highest BCUT2D eigenvalue weighted by Crippen LogP contribution is 1.91. The molecule has 3 heteroatoms. The van der Waals surface area contributed by atoms with Gasteiger partial charge in [-0.25, -0.2) is 0 Å². The van der Waals surface area contributed by atoms with Gasteiger partial charge in [-0.05, 0) is 12.8 Å². The van der Waals surface area contributed by atoms with Gasteiger partial charge in [0.2, 0.25) is 0 Å². The zero-order chi connectivity index (χ0) is 6.95. The lowest BCUT2D eigenvalue weighted by Gasteiger charge is -1.99. The number of ether oxygens (including phenoxy) is 1. The van der Waals surface area contributed by atoms with Crippen LogP contribution in [-0.2, 0) is 4.74 Å². The van der Waals surface area contributed by atoms with E-state index >= 15 is 0 Å². The molecule has 0 fully saturated rings. The summed E-state index contributed by atoms with van der Waals surface area (Å²) in [6, 6.07) is 0. The molecular weight excluding hydrogens is 144 g/mol. The zero-order valence-electron chi connectivity index (χ0n) is 7.65. The lowest BCUT2D eigenvalue weighted by atomic mass is 10.3. The fourth-order valence-electron chi connectivity index (χ4n) is 0.595. The Morgan fingerprint density at radius 2 is 1.18 bits per heavy atom. The highest BCUT2D eigenvalue weighted by atomic mass is 16.5. The quantitative estimate of drug-likeness (QED) is 0.541. The Morgan fingerprint density at radius 1 is 0.818 bits per heavy atom. The third-order valence-corrected chi connectivity index (χ3v) is 1.28. The maximum Gasteiger partial charge on any atom is 0.0465 e. The van der Waals surface area contributed by atoms with Crippen LogP contribution < -0.4 is 0 Å². The van der Waals surface area contributed by atoms with Crippen molar-refractivity contribution in [3.8, 4) is 0 Å². The van der Waals surface area contributed by atoms with Gasteiger partial charge >= 0.3 is 0 Å². The lowest BCUT2D eigenvalue weighted by Crippen LogP contribution is -1.95. The monoisotopic (exact) mass is 166 g/mol. The van der Waals surface area contributed by atoms with E-state index in [4.69, 9.17) is 4.74 Å². The molecule has 0 aromatic heterocycles. The second-order valence-corrected chi connectivity index (χ2v) is 2.32. The van der Waals surface area contributed by atoms with Crippen LogP contribution in [0.25, 0.3) is 0 Å². The van der Waals surface area contributed by atoms with Crippen molar-refractivity contribution in [2.24, 2.45) is 0 Å². The van der Waals surface area contributed by atoms with Gasteiger partial charge in [0.1, 0.15) is 0 Å². The second-order valence-electron chi connectivity index (χ2n) is 2.32. The first kappa shape index (κ1) is 17.1. The van der Waals surface area contributed by atoms with Crippen LogP contribution in [0.15, 0.2) is 0 Å². The molecule has 4 N–H and O–H groups in total. The molecule has 0 amide bonds. The van der Waals surface area contributed by atoms with E-state index in [1.54, 1.807) is 0 Å². The van der Waals surface area contributed by atoms with E-state index in [9.17, 15) is 0 Å². The molecule has 11 heavy (non-hydrogen) atoms. The molecule has 0 aromatic carbocycles. The molecule has 0 radical (unpaired) electrons. The molecular formula is C8H22O3. The summed E-state index contributed by atoms with van der Waals surface area (Å²) in [5.41, 5.74) is 0. The molecule has 0 aromatic rings. The van der Waals surface area contributed by atoms with Crippen molar-refractivity contribution in [1.82, 2.24) is 0 Å². The van der Waals surface area contributed by atoms with Crippen LogP contribution >= 0.6 is 0 Å². The van der Waals surface area contributed by atoms with Gasteiger partial charge in [0.05, 0.1) is 0 Å². The molecule has 0 bridgehead atoms. The first-order chi connectivity index (χ1) is 4.41. The van der Waals surface area contributed by atoms with Crippen molar-refractivity contribution in [2.75, 3.05) is 13.2 Å². The Balaban J connectivity index is -0.000000320. The Bertz CT molecular complexity index is 42.6. The summed E-state index contributed by atoms with van der Waals surface area (Å²) in [6.07, 6.45) is 4.91. The first-order valence-corrected chi connectivity index (χ1v) is 3.99. The summed E-state index contributed by atoms with van der Waals surface area (Å²) >= 11 is 0. The molecule has 0 aliphatic carbocycles. The smallest absolute Gasteiger partial charge is 0.0465 e. The van der Waals surface area contributed by atoms with Crippen molar-refractivity contribution >= 4 is 0 Å². The number of unbranched alkanes of at least 4 members (excludes halogenated alkanes) is 2. The molecule has 0 aliphatic heterocycles. The highest BCUT2D eigenvalue weighted by Gasteiger charge is 1.84. The summed E-state index contributed by atoms with van der Waals surface area (Å²) in [5.74, 6) is 0. The molecule has 0 spiro atoms. The van der Waals surface area contributed by atoms with E-state index in [-0.39, 0.29) is 11.0 Å². The van der Waals surface area contributed by atoms with Crippen molar-refractivity contribution in [3.63, 3.8) is 0 Å². The Kier molecular flexibility index (Phi) is 25.6. The molecule has 0 rings (SSSR count). The van der Waals surface area contributed by atoms with Crippen LogP contribution in [0, 0.1) is 0 Å². The van der Waals surface area contributed by atoms with Crippen LogP contribution in [0.3, 0.4) is 0 Å². The van der Waals surface area contributed by atoms with Crippen molar-refractivity contribution in [1.29, 1.82) is 0 Å². The van der Waals surface area contributed by atoms with Gasteiger partial charge in [0, 0.05) is 13.2 Å². The standard InChI is InChI=1S/C8H18O.2H2O/c1-3-5-7-9-8-6-4-2;;/h3-8H2,1-2H3;2*1H2. The summed E-state index contributed by atoms with van der Waals surface area (Å²) < 4.78 is 5.31. The van der Waals surface area contributed by atoms with E-state index in [1.165, 1.54) is 25.7 Å². The van der Waals surface area contributed by atoms with Gasteiger partial charge in [-0.3, -0.25) is 0 Å². The maximum atomic E-state index is 5.31. The van der Waals surface area contributed by atoms with Crippen LogP contribution in [0.4, 0.5) is 0 Å². The summed E-state index contributed by atoms with van der Waals surface area (Å²) in [4.78, 5) is 0. The third kappa shape index (κ3) is 17.7. The lowest BCUT2D eigenvalue weighted by molar-refractivity contribution is 0.128. The van der Waals surface area contributed by atoms with Crippen molar-refractivity contribution in [2.45, 2.75) is 39.5 Å². The Morgan fingerprint density at radius 3 is 1.45 bits per heavy atom. The van der Waals surface area contributed by atoms with Crippen molar-refractivity contribution in [3.05, 3.63) is 0 Å². The van der Waals surface area contributed by atoms with Gasteiger partial charge in [-0.1, -0.05) is 26.7 Å². The van der Waals surface area contributed by atoms with E-state index in [0.717, 1.165) is 13.2 Å². The van der Waals surface area contributed by atoms with Crippen molar-refractivity contribution < 1.29 is 15.7 Å². The second kappa shape index (κ2) is 16.5. The van der Waals surface area contributed by atoms with E-state index in [0.29, 0.717) is 0 Å². The molecule has 0 atom stereocenters. The Labute approximate surface area is 69.4 Å². The minimum atomic E-state index is 0. The van der Waals surface area contributed by atoms with Gasteiger partial charge < -0.3 is 15.7 Å². The van der Waals surface area contributed by atoms with Gasteiger partial charge in [-0.15, -0.1) is 0 Å². The highest BCUT2D eigenvalue weighted by molar-refractivity contribution is 4.33. The number of rotatable bonds is 6. The molecule has 0 saturated heterocycles. The fourth-order valence-corrected chi connectivity index (χ4v) is 0.595. The maximum absolute atomic E-state index is 5.31. The average molecular weight is 166 g/mol. The SMILES string of the molecule is CCCCOCCCC.O.O. The molecule has 3 nitrogen and oxygen atoms in total. The Hall–Kier alpha value is -0.120. The van der Waals surface area contributed by atoms with Gasteiger partial charge in [0.25, 0.3) is 0 Å². The topological polar surface area (TPSA) is 72.2 Å². The minimum absolute atomic E-state index is 0. The molecule has 0 heterocycles. The minimum Gasteiger partial charge on any atom is -0.412 e. The zero-order valence-corrected chi connectivity index (χ0v) is 7.65.